The topological polar surface area (TPSA) is 174 Å². The molecule has 1 aromatic carbocycles. The lowest BCUT2D eigenvalue weighted by molar-refractivity contribution is -0.172. The maximum atomic E-state index is 13.7. The molecular formula is C43H50N4O9. The van der Waals surface area contributed by atoms with Crippen LogP contribution in [0, 0.1) is 29.6 Å². The van der Waals surface area contributed by atoms with E-state index in [9.17, 15) is 33.9 Å². The van der Waals surface area contributed by atoms with Gasteiger partial charge in [-0.25, -0.2) is 9.78 Å². The van der Waals surface area contributed by atoms with Gasteiger partial charge in [-0.3, -0.25) is 28.9 Å². The number of pyridine rings is 2. The van der Waals surface area contributed by atoms with Gasteiger partial charge in [0, 0.05) is 47.9 Å². The van der Waals surface area contributed by atoms with Crippen LogP contribution in [0.2, 0.25) is 0 Å². The van der Waals surface area contributed by atoms with Gasteiger partial charge in [-0.2, -0.15) is 0 Å². The van der Waals surface area contributed by atoms with Crippen LogP contribution in [0.25, 0.3) is 22.3 Å². The highest BCUT2D eigenvalue weighted by molar-refractivity contribution is 6.03. The fraction of sp³-hybridized carbons (Fsp3) is 0.558. The molecular weight excluding hydrogens is 716 g/mol. The van der Waals surface area contributed by atoms with Crippen molar-refractivity contribution in [2.24, 2.45) is 29.6 Å². The molecule has 1 saturated heterocycles. The van der Waals surface area contributed by atoms with E-state index < -0.39 is 11.6 Å². The van der Waals surface area contributed by atoms with Gasteiger partial charge in [0.25, 0.3) is 5.56 Å². The molecule has 13 nitrogen and oxygen atoms in total. The van der Waals surface area contributed by atoms with Crippen LogP contribution in [-0.4, -0.2) is 62.3 Å². The number of amides is 3. The molecule has 296 valence electrons. The van der Waals surface area contributed by atoms with E-state index in [2.05, 4.69) is 5.32 Å². The number of rotatable bonds is 9. The summed E-state index contributed by atoms with van der Waals surface area (Å²) in [4.78, 5) is 83.5. The van der Waals surface area contributed by atoms with Crippen LogP contribution >= 0.6 is 0 Å². The summed E-state index contributed by atoms with van der Waals surface area (Å²) in [7, 11) is 0. The quantitative estimate of drug-likeness (QED) is 0.138. The summed E-state index contributed by atoms with van der Waals surface area (Å²) in [6.45, 7) is 6.66. The van der Waals surface area contributed by atoms with Crippen LogP contribution in [0.3, 0.4) is 0 Å². The predicted octanol–water partition coefficient (Wildman–Crippen LogP) is 4.67. The number of aryl methyl sites for hydroxylation is 1. The number of hydrogen-bond donors (Lipinski definition) is 2. The molecule has 0 spiro atoms. The zero-order valence-corrected chi connectivity index (χ0v) is 32.4. The minimum absolute atomic E-state index is 0.0548. The highest BCUT2D eigenvalue weighted by Crippen LogP contribution is 2.41. The van der Waals surface area contributed by atoms with Crippen LogP contribution in [0.5, 0.6) is 5.75 Å². The van der Waals surface area contributed by atoms with Crippen molar-refractivity contribution in [1.29, 1.82) is 0 Å². The smallest absolute Gasteiger partial charge is 0.343 e. The second kappa shape index (κ2) is 14.9. The first-order valence-corrected chi connectivity index (χ1v) is 20.4. The third-order valence-corrected chi connectivity index (χ3v) is 13.2. The van der Waals surface area contributed by atoms with E-state index >= 15 is 0 Å². The van der Waals surface area contributed by atoms with E-state index in [1.54, 1.807) is 30.5 Å². The van der Waals surface area contributed by atoms with Crippen molar-refractivity contribution in [3.63, 3.8) is 0 Å². The van der Waals surface area contributed by atoms with Crippen molar-refractivity contribution in [3.8, 4) is 17.1 Å². The lowest BCUT2D eigenvalue weighted by atomic mass is 9.80. The van der Waals surface area contributed by atoms with E-state index in [1.165, 1.54) is 4.90 Å². The van der Waals surface area contributed by atoms with E-state index in [1.807, 2.05) is 19.1 Å². The summed E-state index contributed by atoms with van der Waals surface area (Å²) in [5, 5.41) is 15.2. The monoisotopic (exact) mass is 766 g/mol. The van der Waals surface area contributed by atoms with Crippen molar-refractivity contribution >= 4 is 40.6 Å². The molecule has 56 heavy (non-hydrogen) atoms. The average molecular weight is 767 g/mol. The Morgan fingerprint density at radius 1 is 0.964 bits per heavy atom. The molecule has 2 atom stereocenters. The van der Waals surface area contributed by atoms with Crippen LogP contribution in [0.4, 0.5) is 0 Å². The van der Waals surface area contributed by atoms with Gasteiger partial charge in [0.2, 0.25) is 17.7 Å². The number of likely N-dealkylation sites (tertiary alicyclic amines) is 1. The number of carbonyl (C=O) groups excluding carboxylic acids is 5. The number of aromatic nitrogens is 2. The number of esters is 2. The number of cyclic esters (lactones) is 1. The lowest BCUT2D eigenvalue weighted by Gasteiger charge is -2.31. The Bertz CT molecular complexity index is 2200. The Morgan fingerprint density at radius 3 is 2.36 bits per heavy atom. The van der Waals surface area contributed by atoms with Gasteiger partial charge < -0.3 is 24.5 Å². The number of carbonyl (C=O) groups is 5. The van der Waals surface area contributed by atoms with E-state index in [0.717, 1.165) is 55.0 Å². The molecule has 3 aliphatic heterocycles. The minimum Gasteiger partial charge on any atom is -0.458 e. The summed E-state index contributed by atoms with van der Waals surface area (Å²) < 4.78 is 12.8. The van der Waals surface area contributed by atoms with Crippen molar-refractivity contribution < 1.29 is 38.6 Å². The molecule has 5 heterocycles. The van der Waals surface area contributed by atoms with Crippen molar-refractivity contribution in [3.05, 3.63) is 56.9 Å². The minimum atomic E-state index is -1.90. The normalized spacial score (nSPS) is 27.1. The molecule has 0 radical (unpaired) electrons. The van der Waals surface area contributed by atoms with Gasteiger partial charge in [-0.05, 0) is 106 Å². The average Bonchev–Trinajstić information content (AvgIpc) is 3.69. The maximum Gasteiger partial charge on any atom is 0.343 e. The standard InChI is InChI=1S/C43H50N4O9/c1-4-29-30-17-28(14-15-34(30)45-37-31(29)21-46-35(37)18-33-32(40(46)51)22-55-42(53)43(33,54)5-2)56-41(52)27-12-6-24(7-13-27)19-44-38(49)26-10-8-25(9-11-26)20-47-36(48)16-23(3)39(47)50/h14-15,17-18,23-27,54H,4-13,16,19-22H2,1-3H3,(H,44,49)/t23?,24?,25?,26?,27?,43-/m0/s1. The molecule has 2 N–H and O–H groups in total. The molecule has 3 amide bonds. The predicted molar refractivity (Wildman–Crippen MR) is 204 cm³/mol. The van der Waals surface area contributed by atoms with Crippen molar-refractivity contribution in [1.82, 2.24) is 19.8 Å². The third-order valence-electron chi connectivity index (χ3n) is 13.2. The first-order chi connectivity index (χ1) is 26.9. The number of nitrogens with zero attached hydrogens (tertiary/aromatic N) is 3. The Morgan fingerprint density at radius 2 is 1.68 bits per heavy atom. The van der Waals surface area contributed by atoms with Gasteiger partial charge in [-0.1, -0.05) is 20.8 Å². The van der Waals surface area contributed by atoms with Gasteiger partial charge in [0.05, 0.1) is 34.9 Å². The Hall–Kier alpha value is -4.91. The molecule has 5 aliphatic rings. The maximum absolute atomic E-state index is 13.7. The number of nitrogens with one attached hydrogen (secondary N) is 1. The van der Waals surface area contributed by atoms with Crippen LogP contribution in [-0.2, 0) is 53.9 Å². The zero-order chi connectivity index (χ0) is 39.5. The second-order valence-electron chi connectivity index (χ2n) is 16.6. The number of hydrogen-bond acceptors (Lipinski definition) is 10. The number of benzene rings is 1. The van der Waals surface area contributed by atoms with E-state index in [0.29, 0.717) is 73.9 Å². The first kappa shape index (κ1) is 38.0. The van der Waals surface area contributed by atoms with Gasteiger partial charge in [0.15, 0.2) is 5.60 Å². The van der Waals surface area contributed by atoms with Crippen molar-refractivity contribution in [2.45, 2.75) is 110 Å². The third kappa shape index (κ3) is 6.61. The van der Waals surface area contributed by atoms with Gasteiger partial charge >= 0.3 is 11.9 Å². The first-order valence-electron chi connectivity index (χ1n) is 20.4. The van der Waals surface area contributed by atoms with E-state index in [4.69, 9.17) is 14.5 Å². The largest absolute Gasteiger partial charge is 0.458 e. The second-order valence-corrected chi connectivity index (χ2v) is 16.6. The zero-order valence-electron chi connectivity index (χ0n) is 32.4. The molecule has 3 fully saturated rings. The van der Waals surface area contributed by atoms with Gasteiger partial charge in [-0.15, -0.1) is 0 Å². The Kier molecular flexibility index (Phi) is 10.1. The number of imide groups is 1. The summed E-state index contributed by atoms with van der Waals surface area (Å²) >= 11 is 0. The molecule has 13 heteroatoms. The van der Waals surface area contributed by atoms with Crippen molar-refractivity contribution in [2.75, 3.05) is 13.1 Å². The number of fused-ring (bicyclic) bond motifs is 5. The SMILES string of the molecule is CCc1c2c(nc3ccc(OC(=O)C4CCC(CNC(=O)C5CCC(CN6C(=O)CC(C)C6=O)CC5)CC4)cc13)-c1cc3c(c(=O)n1C2)COC(=O)[C@]3(O)CC. The Balaban J connectivity index is 0.860. The summed E-state index contributed by atoms with van der Waals surface area (Å²) in [6, 6.07) is 7.11. The Labute approximate surface area is 325 Å². The number of ether oxygens (including phenoxy) is 2. The molecule has 0 bridgehead atoms. The highest BCUT2D eigenvalue weighted by Gasteiger charge is 2.46. The lowest BCUT2D eigenvalue weighted by Crippen LogP contribution is -2.44. The fourth-order valence-electron chi connectivity index (χ4n) is 9.70. The summed E-state index contributed by atoms with van der Waals surface area (Å²) in [5.74, 6) is -0.663. The molecule has 8 rings (SSSR count). The molecule has 1 unspecified atom stereocenters. The number of aliphatic hydroxyl groups is 1. The molecule has 2 saturated carbocycles. The summed E-state index contributed by atoms with van der Waals surface area (Å²) in [6.07, 6.45) is 7.17. The molecule has 3 aromatic rings. The molecule has 2 aliphatic carbocycles. The van der Waals surface area contributed by atoms with Crippen LogP contribution in [0.1, 0.15) is 107 Å². The summed E-state index contributed by atoms with van der Waals surface area (Å²) in [5.41, 5.74) is 2.09. The van der Waals surface area contributed by atoms with Gasteiger partial charge in [0.1, 0.15) is 12.4 Å². The highest BCUT2D eigenvalue weighted by atomic mass is 16.6. The van der Waals surface area contributed by atoms with E-state index in [-0.39, 0.29) is 77.1 Å². The van der Waals surface area contributed by atoms with Crippen LogP contribution in [0.15, 0.2) is 29.1 Å². The molecule has 2 aromatic heterocycles. The van der Waals surface area contributed by atoms with Crippen LogP contribution < -0.4 is 15.6 Å². The fourth-order valence-corrected chi connectivity index (χ4v) is 9.70.